The summed E-state index contributed by atoms with van der Waals surface area (Å²) in [7, 11) is 0. The van der Waals surface area contributed by atoms with Crippen LogP contribution in [0.25, 0.3) is 65.4 Å². The zero-order valence-electron chi connectivity index (χ0n) is 30.7. The second-order valence-electron chi connectivity index (χ2n) is 13.9. The fraction of sp³-hybridized carbons (Fsp3) is 0.174. The number of para-hydroxylation sites is 2. The Bertz CT molecular complexity index is 2690. The number of nitrogens with one attached hydrogen (secondary N) is 2. The highest BCUT2D eigenvalue weighted by atomic mass is 16.5. The Kier molecular flexibility index (Phi) is 9.82. The van der Waals surface area contributed by atoms with Crippen molar-refractivity contribution in [2.75, 3.05) is 25.1 Å². The highest BCUT2D eigenvalue weighted by molar-refractivity contribution is 6.07. The molecule has 5 heterocycles. The number of unbranched alkanes of at least 4 members (excludes halogenated alkanes) is 2. The summed E-state index contributed by atoms with van der Waals surface area (Å²) in [6.07, 6.45) is 6.47. The number of hydrogen-bond acceptors (Lipinski definition) is 9. The molecule has 0 spiro atoms. The fourth-order valence-electron chi connectivity index (χ4n) is 7.21. The Labute approximate surface area is 323 Å². The largest absolute Gasteiger partial charge is 0.475 e. The number of anilines is 1. The van der Waals surface area contributed by atoms with Gasteiger partial charge >= 0.3 is 0 Å². The minimum Gasteiger partial charge on any atom is -0.475 e. The molecule has 9 rings (SSSR count). The molecule has 0 saturated carbocycles. The second kappa shape index (κ2) is 15.8. The van der Waals surface area contributed by atoms with Crippen molar-refractivity contribution in [1.82, 2.24) is 30.2 Å². The van der Waals surface area contributed by atoms with Crippen molar-refractivity contribution in [3.63, 3.8) is 0 Å². The Morgan fingerprint density at radius 2 is 1.05 bits per heavy atom. The van der Waals surface area contributed by atoms with Gasteiger partial charge in [-0.3, -0.25) is 14.8 Å². The van der Waals surface area contributed by atoms with Gasteiger partial charge in [-0.2, -0.15) is 0 Å². The first kappa shape index (κ1) is 34.8. The van der Waals surface area contributed by atoms with Crippen LogP contribution in [-0.2, 0) is 4.79 Å². The molecule has 1 amide bonds. The molecular formula is C46H39N7O3. The number of nitrogens with zero attached hydrogens (tertiary/aromatic N) is 5. The molecule has 0 atom stereocenters. The summed E-state index contributed by atoms with van der Waals surface area (Å²) in [4.78, 5) is 36.9. The number of aromatic nitrogens is 5. The van der Waals surface area contributed by atoms with Gasteiger partial charge in [-0.15, -0.1) is 0 Å². The average molecular weight is 738 g/mol. The minimum atomic E-state index is -0.469. The van der Waals surface area contributed by atoms with E-state index in [0.717, 1.165) is 96.9 Å². The number of benzene rings is 4. The lowest BCUT2D eigenvalue weighted by Gasteiger charge is -2.20. The predicted molar refractivity (Wildman–Crippen MR) is 223 cm³/mol. The topological polar surface area (TPSA) is 124 Å². The van der Waals surface area contributed by atoms with Crippen molar-refractivity contribution >= 4 is 77.0 Å². The molecule has 56 heavy (non-hydrogen) atoms. The lowest BCUT2D eigenvalue weighted by atomic mass is 10.1. The van der Waals surface area contributed by atoms with Crippen LogP contribution in [0.5, 0.6) is 11.8 Å². The van der Waals surface area contributed by atoms with Gasteiger partial charge < -0.3 is 20.1 Å². The van der Waals surface area contributed by atoms with E-state index in [0.29, 0.717) is 18.2 Å². The van der Waals surface area contributed by atoms with E-state index in [2.05, 4.69) is 32.7 Å². The lowest BCUT2D eigenvalue weighted by molar-refractivity contribution is -0.122. The van der Waals surface area contributed by atoms with Crippen LogP contribution in [0.2, 0.25) is 0 Å². The minimum absolute atomic E-state index is 0.0652. The summed E-state index contributed by atoms with van der Waals surface area (Å²) in [6, 6.07) is 39.6. The summed E-state index contributed by atoms with van der Waals surface area (Å²) in [5.41, 5.74) is 6.18. The number of hydrogen-bond donors (Lipinski definition) is 2. The van der Waals surface area contributed by atoms with E-state index < -0.39 is 6.04 Å². The Balaban J connectivity index is 0.854. The molecule has 276 valence electrons. The fourth-order valence-corrected chi connectivity index (χ4v) is 7.21. The smallest absolute Gasteiger partial charge is 0.220 e. The van der Waals surface area contributed by atoms with E-state index in [1.165, 1.54) is 0 Å². The Hall–Kier alpha value is -6.94. The monoisotopic (exact) mass is 737 g/mol. The summed E-state index contributed by atoms with van der Waals surface area (Å²) < 4.78 is 12.5. The summed E-state index contributed by atoms with van der Waals surface area (Å²) in [5.74, 6) is 0.821. The molecule has 5 aromatic heterocycles. The van der Waals surface area contributed by atoms with Gasteiger partial charge in [0.2, 0.25) is 17.7 Å². The van der Waals surface area contributed by atoms with E-state index in [1.807, 2.05) is 109 Å². The van der Waals surface area contributed by atoms with Crippen LogP contribution in [0, 0.1) is 0 Å². The van der Waals surface area contributed by atoms with Gasteiger partial charge in [0.25, 0.3) is 0 Å². The van der Waals surface area contributed by atoms with Gasteiger partial charge in [0, 0.05) is 69.8 Å². The van der Waals surface area contributed by atoms with Crippen LogP contribution < -0.4 is 20.1 Å². The maximum absolute atomic E-state index is 13.4. The van der Waals surface area contributed by atoms with Gasteiger partial charge in [0.05, 0.1) is 33.8 Å². The van der Waals surface area contributed by atoms with Crippen molar-refractivity contribution in [3.8, 4) is 11.8 Å². The van der Waals surface area contributed by atoms with Gasteiger partial charge in [-0.05, 0) is 49.2 Å². The quantitative estimate of drug-likeness (QED) is 0.0639. The first-order chi connectivity index (χ1) is 27.7. The Morgan fingerprint density at radius 1 is 0.536 bits per heavy atom. The molecule has 0 aliphatic heterocycles. The number of pyridine rings is 5. The van der Waals surface area contributed by atoms with Crippen molar-refractivity contribution in [2.24, 2.45) is 0 Å². The van der Waals surface area contributed by atoms with Crippen molar-refractivity contribution in [1.29, 1.82) is 0 Å². The average Bonchev–Trinajstić information content (AvgIpc) is 3.25. The molecule has 0 aliphatic carbocycles. The second-order valence-corrected chi connectivity index (χ2v) is 13.9. The summed E-state index contributed by atoms with van der Waals surface area (Å²) in [6.45, 7) is 1.09. The normalized spacial score (nSPS) is 11.6. The van der Waals surface area contributed by atoms with E-state index in [4.69, 9.17) is 24.4 Å². The molecule has 10 heteroatoms. The number of rotatable bonds is 14. The van der Waals surface area contributed by atoms with Crippen LogP contribution in [0.1, 0.15) is 25.7 Å². The number of carbonyl (C=O) groups excluding carboxylic acids is 1. The first-order valence-corrected chi connectivity index (χ1v) is 19.0. The zero-order chi connectivity index (χ0) is 37.7. The highest BCUT2D eigenvalue weighted by Crippen LogP contribution is 2.31. The molecule has 10 nitrogen and oxygen atoms in total. The zero-order valence-corrected chi connectivity index (χ0v) is 30.7. The van der Waals surface area contributed by atoms with Crippen LogP contribution in [0.4, 0.5) is 5.69 Å². The number of ether oxygens (including phenoxy) is 2. The molecule has 0 saturated heterocycles. The van der Waals surface area contributed by atoms with Crippen LogP contribution in [0.3, 0.4) is 0 Å². The molecule has 9 aromatic rings. The number of carbonyl (C=O) groups is 1. The van der Waals surface area contributed by atoms with E-state index in [-0.39, 0.29) is 19.1 Å². The summed E-state index contributed by atoms with van der Waals surface area (Å²) in [5, 5.41) is 13.0. The molecule has 2 N–H and O–H groups in total. The summed E-state index contributed by atoms with van der Waals surface area (Å²) >= 11 is 0. The molecule has 0 bridgehead atoms. The van der Waals surface area contributed by atoms with Gasteiger partial charge in [0.1, 0.15) is 24.2 Å². The standard InChI is InChI=1S/C46H39N7O3/c54-39(16-2-1-7-25-49-46-35-12-3-5-14-37(35)51-38-15-6-4-13-36(38)46)50-34(28-55-40-23-21-32-19-17-30-10-8-26-47-42(30)44(32)52-40)29-56-41-24-22-33-20-18-31-11-9-27-48-43(31)45(33)53-41/h3-6,8-15,17-24,26-27,34H,1-2,7,16,25,28-29H2,(H,49,51)(H,50,54). The van der Waals surface area contributed by atoms with Crippen molar-refractivity contribution in [3.05, 3.63) is 134 Å². The number of amides is 1. The lowest BCUT2D eigenvalue weighted by Crippen LogP contribution is -2.43. The molecule has 0 unspecified atom stereocenters. The predicted octanol–water partition coefficient (Wildman–Crippen LogP) is 9.20. The maximum atomic E-state index is 13.4. The maximum Gasteiger partial charge on any atom is 0.220 e. The molecule has 0 fully saturated rings. The first-order valence-electron chi connectivity index (χ1n) is 19.0. The van der Waals surface area contributed by atoms with E-state index >= 15 is 0 Å². The number of fused-ring (bicyclic) bond motifs is 8. The SMILES string of the molecule is O=C(CCCCCNc1c2ccccc2nc2ccccc12)NC(COc1ccc2ccc3cccnc3c2n1)COc1ccc2ccc3cccnc3c2n1. The van der Waals surface area contributed by atoms with E-state index in [1.54, 1.807) is 12.4 Å². The van der Waals surface area contributed by atoms with Crippen molar-refractivity contribution in [2.45, 2.75) is 31.7 Å². The van der Waals surface area contributed by atoms with Crippen molar-refractivity contribution < 1.29 is 14.3 Å². The van der Waals surface area contributed by atoms with Gasteiger partial charge in [-0.1, -0.05) is 79.2 Å². The molecule has 4 aromatic carbocycles. The van der Waals surface area contributed by atoms with Gasteiger partial charge in [0.15, 0.2) is 0 Å². The Morgan fingerprint density at radius 3 is 1.62 bits per heavy atom. The third-order valence-electron chi connectivity index (χ3n) is 10.0. The third-order valence-corrected chi connectivity index (χ3v) is 10.0. The third kappa shape index (κ3) is 7.41. The van der Waals surface area contributed by atoms with Gasteiger partial charge in [-0.25, -0.2) is 15.0 Å². The van der Waals surface area contributed by atoms with Crippen LogP contribution in [0.15, 0.2) is 134 Å². The molecular weight excluding hydrogens is 699 g/mol. The highest BCUT2D eigenvalue weighted by Gasteiger charge is 2.17. The molecule has 0 aliphatic rings. The van der Waals surface area contributed by atoms with Crippen LogP contribution in [-0.4, -0.2) is 56.6 Å². The molecule has 0 radical (unpaired) electrons. The van der Waals surface area contributed by atoms with Crippen LogP contribution >= 0.6 is 0 Å². The van der Waals surface area contributed by atoms with E-state index in [9.17, 15) is 4.79 Å².